The Balaban J connectivity index is 0.000000358. The van der Waals surface area contributed by atoms with Crippen molar-refractivity contribution < 1.29 is 60.3 Å². The van der Waals surface area contributed by atoms with E-state index >= 15 is 0 Å². The minimum Gasteiger partial charge on any atom is -0.793 e. The number of benzene rings is 2. The van der Waals surface area contributed by atoms with E-state index in [9.17, 15) is 30.7 Å². The van der Waals surface area contributed by atoms with E-state index in [1.807, 2.05) is 20.9 Å². The van der Waals surface area contributed by atoms with E-state index in [2.05, 4.69) is 22.6 Å². The van der Waals surface area contributed by atoms with Gasteiger partial charge >= 0.3 is 41.9 Å². The van der Waals surface area contributed by atoms with Gasteiger partial charge in [-0.1, -0.05) is 13.8 Å². The van der Waals surface area contributed by atoms with Gasteiger partial charge in [-0.15, -0.1) is 11.8 Å². The van der Waals surface area contributed by atoms with Crippen LogP contribution in [0, 0.1) is 5.82 Å². The number of hydrogen-bond acceptors (Lipinski definition) is 4. The fourth-order valence-corrected chi connectivity index (χ4v) is 4.12. The van der Waals surface area contributed by atoms with Gasteiger partial charge in [-0.05, 0) is 42.2 Å². The van der Waals surface area contributed by atoms with Gasteiger partial charge in [-0.2, -0.15) is 32.1 Å². The molecule has 2 heterocycles. The van der Waals surface area contributed by atoms with Crippen molar-refractivity contribution in [2.75, 3.05) is 11.5 Å². The minimum absolute atomic E-state index is 0. The van der Waals surface area contributed by atoms with Crippen molar-refractivity contribution in [3.63, 3.8) is 0 Å². The van der Waals surface area contributed by atoms with Crippen LogP contribution in [0.5, 0.6) is 0 Å². The van der Waals surface area contributed by atoms with Gasteiger partial charge in [-0.3, -0.25) is 0 Å². The molecular weight excluding hydrogens is 588 g/mol. The summed E-state index contributed by atoms with van der Waals surface area (Å²) in [7, 11) is 3.46. The molecule has 212 valence electrons. The maximum absolute atomic E-state index is 13.6. The number of rotatable bonds is 4. The third-order valence-corrected chi connectivity index (χ3v) is 5.97. The van der Waals surface area contributed by atoms with E-state index in [1.165, 1.54) is 34.7 Å². The number of hydrogen-bond donors (Lipinski definition) is 0. The number of alkyl halides is 6. The predicted octanol–water partition coefficient (Wildman–Crippen LogP) is 5.02. The fourth-order valence-electron chi connectivity index (χ4n) is 3.28. The molecule has 0 aliphatic heterocycles. The molecule has 0 saturated heterocycles. The predicted molar refractivity (Wildman–Crippen MR) is 142 cm³/mol. The molecule has 0 bridgehead atoms. The zero-order valence-electron chi connectivity index (χ0n) is 22.4. The zero-order chi connectivity index (χ0) is 29.4. The third-order valence-electron chi connectivity index (χ3n) is 5.03. The molecule has 0 spiro atoms. The Morgan fingerprint density at radius 3 is 1.57 bits per heavy atom. The monoisotopic (exact) mass is 614 g/mol. The van der Waals surface area contributed by atoms with E-state index in [4.69, 9.17) is 0 Å². The quantitative estimate of drug-likeness (QED) is 0.140. The molecule has 4 rings (SSSR count). The van der Waals surface area contributed by atoms with E-state index in [0.29, 0.717) is 22.5 Å². The molecule has 0 fully saturated rings. The summed E-state index contributed by atoms with van der Waals surface area (Å²) in [4.78, 5) is 8.67. The van der Waals surface area contributed by atoms with Gasteiger partial charge in [0.05, 0.1) is 16.7 Å². The van der Waals surface area contributed by atoms with Crippen molar-refractivity contribution in [3.8, 4) is 22.8 Å². The molecule has 0 amide bonds. The van der Waals surface area contributed by atoms with Crippen LogP contribution in [0.3, 0.4) is 0 Å². The zero-order valence-corrected chi connectivity index (χ0v) is 26.1. The minimum atomic E-state index is -4.54. The van der Waals surface area contributed by atoms with Gasteiger partial charge in [-0.25, -0.2) is 14.4 Å². The molecule has 0 radical (unpaired) electrons. The summed E-state index contributed by atoms with van der Waals surface area (Å²) in [6.45, 7) is 3.85. The Kier molecular flexibility index (Phi) is 14.4. The molecule has 2 aromatic carbocycles. The van der Waals surface area contributed by atoms with E-state index in [0.717, 1.165) is 29.5 Å². The van der Waals surface area contributed by atoms with Crippen LogP contribution in [0.4, 0.5) is 30.7 Å². The van der Waals surface area contributed by atoms with Gasteiger partial charge in [0.2, 0.25) is 0 Å². The van der Waals surface area contributed by atoms with Gasteiger partial charge in [0.1, 0.15) is 17.5 Å². The first-order chi connectivity index (χ1) is 18.2. The van der Waals surface area contributed by atoms with Crippen LogP contribution in [0.2, 0.25) is 0 Å². The second kappa shape index (κ2) is 15.9. The largest absolute Gasteiger partial charge is 1.00 e. The maximum atomic E-state index is 13.6. The van der Waals surface area contributed by atoms with Gasteiger partial charge in [0, 0.05) is 49.3 Å². The Morgan fingerprint density at radius 1 is 0.775 bits per heavy atom. The molecule has 14 heteroatoms. The summed E-state index contributed by atoms with van der Waals surface area (Å²) in [6, 6.07) is 6.18. The fraction of sp³-hybridized carbons (Fsp3) is 0.308. The molecule has 0 unspecified atom stereocenters. The number of imidazole rings is 2. The molecule has 0 aliphatic rings. The van der Waals surface area contributed by atoms with Crippen molar-refractivity contribution in [1.82, 2.24) is 19.1 Å². The second-order valence-corrected chi connectivity index (χ2v) is 9.73. The van der Waals surface area contributed by atoms with E-state index in [-0.39, 0.29) is 40.9 Å². The van der Waals surface area contributed by atoms with Gasteiger partial charge < -0.3 is 21.8 Å². The third kappa shape index (κ3) is 9.86. The summed E-state index contributed by atoms with van der Waals surface area (Å²) in [5.74, 6) is 1.56. The van der Waals surface area contributed by atoms with Crippen LogP contribution in [0.25, 0.3) is 22.8 Å². The van der Waals surface area contributed by atoms with Gasteiger partial charge in [0.25, 0.3) is 0 Å². The average molecular weight is 615 g/mol. The summed E-state index contributed by atoms with van der Waals surface area (Å²) in [6.07, 6.45) is -2.41. The van der Waals surface area contributed by atoms with Crippen LogP contribution in [-0.2, 0) is 39.1 Å². The maximum Gasteiger partial charge on any atom is 1.00 e. The van der Waals surface area contributed by atoms with Gasteiger partial charge in [0.15, 0.2) is 0 Å². The molecule has 0 aliphatic carbocycles. The van der Waals surface area contributed by atoms with E-state index < -0.39 is 29.3 Å². The normalized spacial score (nSPS) is 11.1. The first-order valence-corrected chi connectivity index (χ1v) is 13.0. The molecular formula is C26H26F7N4NaS2. The summed E-state index contributed by atoms with van der Waals surface area (Å²) in [5.41, 5.74) is -0.854. The Morgan fingerprint density at radius 2 is 1.20 bits per heavy atom. The van der Waals surface area contributed by atoms with Crippen molar-refractivity contribution in [1.29, 1.82) is 0 Å². The first kappa shape index (κ1) is 36.1. The molecule has 2 aromatic heterocycles. The van der Waals surface area contributed by atoms with E-state index in [1.54, 1.807) is 30.2 Å². The Hall–Kier alpha value is -1.93. The SMILES string of the molecule is CCSc1cc(C(F)(F)F)ccc1-c1nccn1C.CC[S-].Cn1ccnc1-c1ccc(C(F)(F)F)cc1F.[Na+]. The summed E-state index contributed by atoms with van der Waals surface area (Å²) < 4.78 is 92.1. The number of thioether (sulfide) groups is 1. The number of halogens is 7. The van der Waals surface area contributed by atoms with Crippen LogP contribution in [0.1, 0.15) is 25.0 Å². The average Bonchev–Trinajstić information content (AvgIpc) is 3.47. The molecule has 4 aromatic rings. The number of aromatic nitrogens is 4. The van der Waals surface area contributed by atoms with Crippen LogP contribution in [-0.4, -0.2) is 30.6 Å². The van der Waals surface area contributed by atoms with Crippen molar-refractivity contribution >= 4 is 24.4 Å². The molecule has 0 atom stereocenters. The van der Waals surface area contributed by atoms with Crippen molar-refractivity contribution in [2.45, 2.75) is 31.1 Å². The summed E-state index contributed by atoms with van der Waals surface area (Å²) >= 11 is 5.78. The number of aryl methyl sites for hydroxylation is 2. The van der Waals surface area contributed by atoms with Crippen LogP contribution >= 0.6 is 11.8 Å². The second-order valence-electron chi connectivity index (χ2n) is 7.85. The van der Waals surface area contributed by atoms with Crippen LogP contribution < -0.4 is 29.6 Å². The Labute approximate surface area is 260 Å². The van der Waals surface area contributed by atoms with Crippen molar-refractivity contribution in [3.05, 3.63) is 78.1 Å². The van der Waals surface area contributed by atoms with Crippen LogP contribution in [0.15, 0.2) is 66.1 Å². The Bertz CT molecular complexity index is 1350. The molecule has 40 heavy (non-hydrogen) atoms. The summed E-state index contributed by atoms with van der Waals surface area (Å²) in [5, 5.41) is 0. The molecule has 4 nitrogen and oxygen atoms in total. The van der Waals surface area contributed by atoms with Crippen molar-refractivity contribution in [2.24, 2.45) is 14.1 Å². The first-order valence-electron chi connectivity index (χ1n) is 11.5. The molecule has 0 N–H and O–H groups in total. The smallest absolute Gasteiger partial charge is 0.793 e. The number of nitrogens with zero attached hydrogens (tertiary/aromatic N) is 4. The standard InChI is InChI=1S/C13H13F3N2S.C11H8F4N2.C2H6S.Na/c1-3-19-11-8-9(13(14,15)16)4-5-10(11)12-17-6-7-18(12)2;1-17-5-4-16-10(17)8-3-2-7(6-9(8)12)11(13,14)15;1-2-3;/h4-8H,3H2,1-2H3;2-6H,1H3;3H,2H2,1H3;/q;;;+1/p-1. The molecule has 0 saturated carbocycles. The topological polar surface area (TPSA) is 35.6 Å².